The summed E-state index contributed by atoms with van der Waals surface area (Å²) in [6, 6.07) is 11.4. The number of benzene rings is 2. The summed E-state index contributed by atoms with van der Waals surface area (Å²) in [5.74, 6) is 1.90. The van der Waals surface area contributed by atoms with Crippen LogP contribution in [0.5, 0.6) is 17.2 Å². The van der Waals surface area contributed by atoms with E-state index in [-0.39, 0.29) is 13.4 Å². The van der Waals surface area contributed by atoms with E-state index in [0.29, 0.717) is 29.4 Å². The van der Waals surface area contributed by atoms with Crippen LogP contribution in [-0.2, 0) is 13.2 Å². The Balaban J connectivity index is 1.78. The predicted octanol–water partition coefficient (Wildman–Crippen LogP) is 3.25. The van der Waals surface area contributed by atoms with Crippen molar-refractivity contribution in [1.82, 2.24) is 0 Å². The van der Waals surface area contributed by atoms with E-state index in [4.69, 9.17) is 14.2 Å². The highest BCUT2D eigenvalue weighted by atomic mass is 79.9. The molecule has 104 valence electrons. The topological polar surface area (TPSA) is 47.9 Å². The Morgan fingerprint density at radius 1 is 1.10 bits per heavy atom. The van der Waals surface area contributed by atoms with Crippen molar-refractivity contribution in [2.45, 2.75) is 13.2 Å². The lowest BCUT2D eigenvalue weighted by Gasteiger charge is -2.11. The zero-order valence-corrected chi connectivity index (χ0v) is 12.2. The maximum atomic E-state index is 9.40. The number of hydrogen-bond donors (Lipinski definition) is 1. The first kappa shape index (κ1) is 13.3. The summed E-state index contributed by atoms with van der Waals surface area (Å²) in [5.41, 5.74) is 1.74. The van der Waals surface area contributed by atoms with Crippen molar-refractivity contribution in [1.29, 1.82) is 0 Å². The van der Waals surface area contributed by atoms with Crippen molar-refractivity contribution >= 4 is 15.9 Å². The van der Waals surface area contributed by atoms with E-state index < -0.39 is 0 Å². The molecule has 0 radical (unpaired) electrons. The molecule has 0 saturated carbocycles. The minimum Gasteiger partial charge on any atom is -0.488 e. The number of rotatable bonds is 4. The fraction of sp³-hybridized carbons (Fsp3) is 0.200. The van der Waals surface area contributed by atoms with E-state index in [1.54, 1.807) is 12.1 Å². The molecule has 0 amide bonds. The summed E-state index contributed by atoms with van der Waals surface area (Å²) in [6.07, 6.45) is 0. The molecule has 0 saturated heterocycles. The first-order valence-electron chi connectivity index (χ1n) is 6.17. The van der Waals surface area contributed by atoms with Crippen LogP contribution in [0.15, 0.2) is 40.9 Å². The normalized spacial score (nSPS) is 12.5. The third-order valence-electron chi connectivity index (χ3n) is 3.03. The van der Waals surface area contributed by atoms with E-state index in [9.17, 15) is 5.11 Å². The lowest BCUT2D eigenvalue weighted by atomic mass is 10.2. The highest BCUT2D eigenvalue weighted by Crippen LogP contribution is 2.38. The van der Waals surface area contributed by atoms with Gasteiger partial charge in [-0.25, -0.2) is 0 Å². The van der Waals surface area contributed by atoms with Crippen LogP contribution in [0.2, 0.25) is 0 Å². The van der Waals surface area contributed by atoms with E-state index >= 15 is 0 Å². The Bertz CT molecular complexity index is 610. The summed E-state index contributed by atoms with van der Waals surface area (Å²) < 4.78 is 17.4. The van der Waals surface area contributed by atoms with Gasteiger partial charge in [-0.05, 0) is 23.8 Å². The summed E-state index contributed by atoms with van der Waals surface area (Å²) >= 11 is 3.39. The van der Waals surface area contributed by atoms with Crippen LogP contribution < -0.4 is 14.2 Å². The van der Waals surface area contributed by atoms with Gasteiger partial charge < -0.3 is 19.3 Å². The second-order valence-corrected chi connectivity index (χ2v) is 5.30. The van der Waals surface area contributed by atoms with Gasteiger partial charge in [0.05, 0.1) is 6.61 Å². The smallest absolute Gasteiger partial charge is 0.231 e. The Morgan fingerprint density at radius 2 is 1.80 bits per heavy atom. The SMILES string of the molecule is OCc1cc2c(cc1OCc1ccc(Br)cc1)OCO2. The van der Waals surface area contributed by atoms with E-state index in [2.05, 4.69) is 15.9 Å². The molecule has 0 aromatic heterocycles. The first-order valence-corrected chi connectivity index (χ1v) is 6.96. The highest BCUT2D eigenvalue weighted by Gasteiger charge is 2.17. The molecule has 4 nitrogen and oxygen atoms in total. The van der Waals surface area contributed by atoms with Crippen LogP contribution in [-0.4, -0.2) is 11.9 Å². The zero-order valence-electron chi connectivity index (χ0n) is 10.6. The third kappa shape index (κ3) is 2.73. The van der Waals surface area contributed by atoms with Gasteiger partial charge >= 0.3 is 0 Å². The largest absolute Gasteiger partial charge is 0.488 e. The molecule has 1 N–H and O–H groups in total. The van der Waals surface area contributed by atoms with Gasteiger partial charge in [-0.3, -0.25) is 0 Å². The Hall–Kier alpha value is -1.72. The molecular formula is C15H13BrO4. The van der Waals surface area contributed by atoms with Crippen molar-refractivity contribution < 1.29 is 19.3 Å². The van der Waals surface area contributed by atoms with Crippen molar-refractivity contribution in [3.05, 3.63) is 52.0 Å². The molecule has 0 unspecified atom stereocenters. The van der Waals surface area contributed by atoms with Crippen molar-refractivity contribution in [3.63, 3.8) is 0 Å². The monoisotopic (exact) mass is 336 g/mol. The lowest BCUT2D eigenvalue weighted by molar-refractivity contribution is 0.173. The van der Waals surface area contributed by atoms with Gasteiger partial charge in [0.25, 0.3) is 0 Å². The fourth-order valence-corrected chi connectivity index (χ4v) is 2.23. The van der Waals surface area contributed by atoms with Crippen LogP contribution in [0.3, 0.4) is 0 Å². The zero-order chi connectivity index (χ0) is 13.9. The van der Waals surface area contributed by atoms with Crippen LogP contribution in [0.25, 0.3) is 0 Å². The van der Waals surface area contributed by atoms with Crippen LogP contribution >= 0.6 is 15.9 Å². The molecule has 3 rings (SSSR count). The van der Waals surface area contributed by atoms with Gasteiger partial charge in [-0.15, -0.1) is 0 Å². The maximum absolute atomic E-state index is 9.40. The number of hydrogen-bond acceptors (Lipinski definition) is 4. The Morgan fingerprint density at radius 3 is 2.50 bits per heavy atom. The molecule has 2 aromatic rings. The molecule has 20 heavy (non-hydrogen) atoms. The Labute approximate surface area is 125 Å². The standard InChI is InChI=1S/C15H13BrO4/c16-12-3-1-10(2-4-12)8-18-13-6-15-14(19-9-20-15)5-11(13)7-17/h1-6,17H,7-9H2. The predicted molar refractivity (Wildman–Crippen MR) is 77.0 cm³/mol. The molecule has 2 aromatic carbocycles. The average Bonchev–Trinajstić information content (AvgIpc) is 2.92. The van der Waals surface area contributed by atoms with Crippen LogP contribution in [0.4, 0.5) is 0 Å². The van der Waals surface area contributed by atoms with E-state index in [0.717, 1.165) is 10.0 Å². The quantitative estimate of drug-likeness (QED) is 0.930. The molecule has 0 bridgehead atoms. The molecule has 0 spiro atoms. The van der Waals surface area contributed by atoms with Crippen LogP contribution in [0, 0.1) is 0 Å². The molecular weight excluding hydrogens is 324 g/mol. The second kappa shape index (κ2) is 5.73. The summed E-state index contributed by atoms with van der Waals surface area (Å²) in [5, 5.41) is 9.40. The third-order valence-corrected chi connectivity index (χ3v) is 3.56. The molecule has 5 heteroatoms. The summed E-state index contributed by atoms with van der Waals surface area (Å²) in [7, 11) is 0. The van der Waals surface area contributed by atoms with E-state index in [1.165, 1.54) is 0 Å². The minimum absolute atomic E-state index is 0.105. The van der Waals surface area contributed by atoms with Gasteiger partial charge in [0.1, 0.15) is 12.4 Å². The van der Waals surface area contributed by atoms with Gasteiger partial charge in [0.15, 0.2) is 11.5 Å². The number of fused-ring (bicyclic) bond motifs is 1. The molecule has 1 heterocycles. The lowest BCUT2D eigenvalue weighted by Crippen LogP contribution is -1.99. The number of ether oxygens (including phenoxy) is 3. The van der Waals surface area contributed by atoms with Gasteiger partial charge in [-0.1, -0.05) is 28.1 Å². The first-order chi connectivity index (χ1) is 9.76. The molecule has 0 aliphatic carbocycles. The second-order valence-electron chi connectivity index (χ2n) is 4.39. The number of halogens is 1. The summed E-state index contributed by atoms with van der Waals surface area (Å²) in [6.45, 7) is 0.530. The number of aliphatic hydroxyl groups excluding tert-OH is 1. The average molecular weight is 337 g/mol. The van der Waals surface area contributed by atoms with E-state index in [1.807, 2.05) is 24.3 Å². The van der Waals surface area contributed by atoms with Crippen molar-refractivity contribution in [2.75, 3.05) is 6.79 Å². The molecule has 1 aliphatic rings. The van der Waals surface area contributed by atoms with Gasteiger partial charge in [0.2, 0.25) is 6.79 Å². The highest BCUT2D eigenvalue weighted by molar-refractivity contribution is 9.10. The van der Waals surface area contributed by atoms with Crippen LogP contribution in [0.1, 0.15) is 11.1 Å². The summed E-state index contributed by atoms with van der Waals surface area (Å²) in [4.78, 5) is 0. The number of aliphatic hydroxyl groups is 1. The minimum atomic E-state index is -0.105. The Kier molecular flexibility index (Phi) is 3.80. The van der Waals surface area contributed by atoms with Crippen molar-refractivity contribution in [3.8, 4) is 17.2 Å². The van der Waals surface area contributed by atoms with Gasteiger partial charge in [0, 0.05) is 16.1 Å². The fourth-order valence-electron chi connectivity index (χ4n) is 1.97. The molecule has 1 aliphatic heterocycles. The van der Waals surface area contributed by atoms with Crippen molar-refractivity contribution in [2.24, 2.45) is 0 Å². The molecule has 0 fully saturated rings. The molecule has 0 atom stereocenters. The van der Waals surface area contributed by atoms with Gasteiger partial charge in [-0.2, -0.15) is 0 Å². The maximum Gasteiger partial charge on any atom is 0.231 e.